The number of hydrogen-bond donors (Lipinski definition) is 1. The van der Waals surface area contributed by atoms with Crippen LogP contribution in [-0.4, -0.2) is 35.8 Å². The standard InChI is InChI=1S/C20H18N2O4/c1-21-7-6-12-8-13-11(9-14(12)21)4-5-16(23)18-17(24)10-15(20(25)26-3)22(2)19(13)18/h4-10,15,24H,1-3H3. The minimum absolute atomic E-state index is 0.193. The zero-order valence-corrected chi connectivity index (χ0v) is 14.7. The molecular formula is C20H18N2O4. The highest BCUT2D eigenvalue weighted by atomic mass is 16.5. The van der Waals surface area contributed by atoms with Crippen LogP contribution in [0, 0.1) is 0 Å². The van der Waals surface area contributed by atoms with Gasteiger partial charge in [0.05, 0.1) is 18.4 Å². The summed E-state index contributed by atoms with van der Waals surface area (Å²) in [7, 11) is 4.98. The van der Waals surface area contributed by atoms with Crippen LogP contribution in [-0.2, 0) is 16.6 Å². The van der Waals surface area contributed by atoms with Gasteiger partial charge in [-0.3, -0.25) is 4.79 Å². The average molecular weight is 350 g/mol. The molecule has 4 rings (SSSR count). The van der Waals surface area contributed by atoms with E-state index >= 15 is 0 Å². The molecule has 1 aliphatic rings. The third-order valence-electron chi connectivity index (χ3n) is 4.99. The number of anilines is 1. The minimum atomic E-state index is -0.802. The highest BCUT2D eigenvalue weighted by Crippen LogP contribution is 2.37. The van der Waals surface area contributed by atoms with E-state index in [1.165, 1.54) is 19.3 Å². The average Bonchev–Trinajstić information content (AvgIpc) is 2.91. The number of fused-ring (bicyclic) bond motifs is 4. The Morgan fingerprint density at radius 2 is 1.92 bits per heavy atom. The smallest absolute Gasteiger partial charge is 0.332 e. The molecule has 2 heterocycles. The molecular weight excluding hydrogens is 332 g/mol. The van der Waals surface area contributed by atoms with Crippen molar-refractivity contribution >= 4 is 39.1 Å². The molecule has 132 valence electrons. The SMILES string of the molecule is COC(=O)C1C=C(O)c2c(c3cc4ccn(C)c4cc3ccc2=O)N1C. The van der Waals surface area contributed by atoms with E-state index in [-0.39, 0.29) is 16.8 Å². The van der Waals surface area contributed by atoms with Crippen molar-refractivity contribution < 1.29 is 14.6 Å². The number of rotatable bonds is 1. The molecule has 1 atom stereocenters. The summed E-state index contributed by atoms with van der Waals surface area (Å²) in [6.07, 6.45) is 3.32. The van der Waals surface area contributed by atoms with Crippen LogP contribution in [0.4, 0.5) is 5.69 Å². The van der Waals surface area contributed by atoms with Gasteiger partial charge in [0.15, 0.2) is 5.43 Å². The predicted molar refractivity (Wildman–Crippen MR) is 102 cm³/mol. The van der Waals surface area contributed by atoms with Crippen LogP contribution in [0.3, 0.4) is 0 Å². The number of carbonyl (C=O) groups is 1. The fraction of sp³-hybridized carbons (Fsp3) is 0.200. The van der Waals surface area contributed by atoms with Gasteiger partial charge in [-0.2, -0.15) is 0 Å². The molecule has 26 heavy (non-hydrogen) atoms. The Balaban J connectivity index is 2.15. The van der Waals surface area contributed by atoms with Crippen molar-refractivity contribution in [3.63, 3.8) is 0 Å². The first-order valence-corrected chi connectivity index (χ1v) is 8.20. The van der Waals surface area contributed by atoms with Crippen molar-refractivity contribution in [3.05, 3.63) is 58.4 Å². The highest BCUT2D eigenvalue weighted by molar-refractivity contribution is 6.07. The molecule has 0 spiro atoms. The second kappa shape index (κ2) is 5.62. The van der Waals surface area contributed by atoms with Crippen molar-refractivity contribution in [1.82, 2.24) is 4.57 Å². The first-order valence-electron chi connectivity index (χ1n) is 8.20. The van der Waals surface area contributed by atoms with Crippen LogP contribution in [0.1, 0.15) is 5.56 Å². The van der Waals surface area contributed by atoms with E-state index in [9.17, 15) is 14.7 Å². The molecule has 0 bridgehead atoms. The Morgan fingerprint density at radius 3 is 2.65 bits per heavy atom. The van der Waals surface area contributed by atoms with E-state index in [4.69, 9.17) is 4.74 Å². The van der Waals surface area contributed by atoms with Crippen LogP contribution in [0.15, 0.2) is 47.4 Å². The first kappa shape index (κ1) is 16.2. The summed E-state index contributed by atoms with van der Waals surface area (Å²) in [5.41, 5.74) is 1.45. The molecule has 3 aromatic rings. The molecule has 1 aliphatic heterocycles. The first-order chi connectivity index (χ1) is 12.4. The van der Waals surface area contributed by atoms with Gasteiger partial charge in [0.1, 0.15) is 11.8 Å². The number of nitrogens with zero attached hydrogens (tertiary/aromatic N) is 2. The number of benzene rings is 1. The van der Waals surface area contributed by atoms with Gasteiger partial charge in [0.2, 0.25) is 0 Å². The topological polar surface area (TPSA) is 71.8 Å². The van der Waals surface area contributed by atoms with Gasteiger partial charge >= 0.3 is 5.97 Å². The second-order valence-electron chi connectivity index (χ2n) is 6.48. The highest BCUT2D eigenvalue weighted by Gasteiger charge is 2.32. The molecule has 1 aromatic heterocycles. The van der Waals surface area contributed by atoms with Crippen molar-refractivity contribution in [2.45, 2.75) is 6.04 Å². The summed E-state index contributed by atoms with van der Waals surface area (Å²) in [5.74, 6) is -0.707. The van der Waals surface area contributed by atoms with E-state index in [1.807, 2.05) is 36.0 Å². The summed E-state index contributed by atoms with van der Waals surface area (Å²) in [5, 5.41) is 13.1. The van der Waals surface area contributed by atoms with E-state index in [1.54, 1.807) is 18.0 Å². The number of aliphatic hydroxyl groups is 1. The second-order valence-corrected chi connectivity index (χ2v) is 6.48. The van der Waals surface area contributed by atoms with E-state index < -0.39 is 12.0 Å². The van der Waals surface area contributed by atoms with Crippen LogP contribution in [0.25, 0.3) is 27.4 Å². The van der Waals surface area contributed by atoms with Gasteiger partial charge in [-0.05, 0) is 35.7 Å². The number of aliphatic hydroxyl groups excluding tert-OH is 1. The van der Waals surface area contributed by atoms with Crippen molar-refractivity contribution in [2.24, 2.45) is 7.05 Å². The zero-order chi connectivity index (χ0) is 18.6. The lowest BCUT2D eigenvalue weighted by molar-refractivity contribution is -0.141. The fourth-order valence-electron chi connectivity index (χ4n) is 3.62. The van der Waals surface area contributed by atoms with Crippen molar-refractivity contribution in [1.29, 1.82) is 0 Å². The van der Waals surface area contributed by atoms with Crippen LogP contribution in [0.2, 0.25) is 0 Å². The molecule has 1 unspecified atom stereocenters. The number of aromatic nitrogens is 1. The third kappa shape index (κ3) is 2.19. The molecule has 0 amide bonds. The Bertz CT molecular complexity index is 1160. The summed E-state index contributed by atoms with van der Waals surface area (Å²) in [4.78, 5) is 26.5. The minimum Gasteiger partial charge on any atom is -0.507 e. The van der Waals surface area contributed by atoms with Gasteiger partial charge in [-0.15, -0.1) is 0 Å². The Labute approximate surface area is 149 Å². The Morgan fingerprint density at radius 1 is 1.15 bits per heavy atom. The molecule has 0 radical (unpaired) electrons. The van der Waals surface area contributed by atoms with Crippen molar-refractivity contribution in [2.75, 3.05) is 19.1 Å². The van der Waals surface area contributed by atoms with Gasteiger partial charge in [0.25, 0.3) is 0 Å². The summed E-state index contributed by atoms with van der Waals surface area (Å²) in [6, 6.07) is 8.36. The largest absolute Gasteiger partial charge is 0.507 e. The predicted octanol–water partition coefficient (Wildman–Crippen LogP) is 2.58. The normalized spacial score (nSPS) is 16.5. The third-order valence-corrected chi connectivity index (χ3v) is 4.99. The number of aryl methyl sites for hydroxylation is 1. The quantitative estimate of drug-likeness (QED) is 0.683. The zero-order valence-electron chi connectivity index (χ0n) is 14.7. The monoisotopic (exact) mass is 350 g/mol. The number of ether oxygens (including phenoxy) is 1. The molecule has 0 fully saturated rings. The molecule has 2 aromatic carbocycles. The molecule has 1 N–H and O–H groups in total. The van der Waals surface area contributed by atoms with Gasteiger partial charge in [-0.25, -0.2) is 4.79 Å². The number of hydrogen-bond acceptors (Lipinski definition) is 5. The Hall–Kier alpha value is -3.28. The summed E-state index contributed by atoms with van der Waals surface area (Å²) >= 11 is 0. The molecule has 6 nitrogen and oxygen atoms in total. The lowest BCUT2D eigenvalue weighted by Gasteiger charge is -2.31. The molecule has 6 heteroatoms. The molecule has 0 aliphatic carbocycles. The van der Waals surface area contributed by atoms with Gasteiger partial charge in [0, 0.05) is 36.6 Å². The van der Waals surface area contributed by atoms with Crippen LogP contribution >= 0.6 is 0 Å². The maximum absolute atomic E-state index is 12.6. The lowest BCUT2D eigenvalue weighted by atomic mass is 9.99. The Kier molecular flexibility index (Phi) is 3.50. The number of likely N-dealkylation sites (N-methyl/N-ethyl adjacent to an activating group) is 1. The number of methoxy groups -OCH3 is 1. The molecule has 0 saturated heterocycles. The molecule has 0 saturated carbocycles. The number of esters is 1. The van der Waals surface area contributed by atoms with Gasteiger partial charge in [-0.1, -0.05) is 6.07 Å². The maximum atomic E-state index is 12.6. The maximum Gasteiger partial charge on any atom is 0.332 e. The van der Waals surface area contributed by atoms with E-state index in [0.29, 0.717) is 5.69 Å². The van der Waals surface area contributed by atoms with Crippen LogP contribution in [0.5, 0.6) is 0 Å². The lowest BCUT2D eigenvalue weighted by Crippen LogP contribution is -2.41. The summed E-state index contributed by atoms with van der Waals surface area (Å²) < 4.78 is 6.85. The summed E-state index contributed by atoms with van der Waals surface area (Å²) in [6.45, 7) is 0. The van der Waals surface area contributed by atoms with E-state index in [2.05, 4.69) is 0 Å². The van der Waals surface area contributed by atoms with Gasteiger partial charge < -0.3 is 19.3 Å². The van der Waals surface area contributed by atoms with Crippen molar-refractivity contribution in [3.8, 4) is 0 Å². The fourth-order valence-corrected chi connectivity index (χ4v) is 3.62. The van der Waals surface area contributed by atoms with E-state index in [0.717, 1.165) is 21.7 Å². The number of carbonyl (C=O) groups excluding carboxylic acids is 1. The van der Waals surface area contributed by atoms with Crippen LogP contribution < -0.4 is 10.3 Å².